The van der Waals surface area contributed by atoms with Crippen molar-refractivity contribution >= 4 is 6.01 Å². The minimum Gasteiger partial charge on any atom is -0.338 e. The van der Waals surface area contributed by atoms with E-state index in [9.17, 15) is 0 Å². The van der Waals surface area contributed by atoms with Crippen LogP contribution in [0, 0.1) is 11.8 Å². The molecule has 2 unspecified atom stereocenters. The second-order valence-electron chi connectivity index (χ2n) is 6.95. The van der Waals surface area contributed by atoms with Gasteiger partial charge in [-0.3, -0.25) is 0 Å². The number of likely N-dealkylation sites (tertiary alicyclic amines) is 1. The minimum absolute atomic E-state index is 0.312. The van der Waals surface area contributed by atoms with Crippen molar-refractivity contribution in [2.75, 3.05) is 31.5 Å². The summed E-state index contributed by atoms with van der Waals surface area (Å²) in [6, 6.07) is 0.555. The smallest absolute Gasteiger partial charge is 0.321 e. The van der Waals surface area contributed by atoms with Gasteiger partial charge in [0.1, 0.15) is 0 Å². The van der Waals surface area contributed by atoms with E-state index in [4.69, 9.17) is 4.52 Å². The van der Waals surface area contributed by atoms with E-state index >= 15 is 0 Å². The molecule has 0 spiro atoms. The van der Waals surface area contributed by atoms with Crippen LogP contribution in [-0.4, -0.2) is 41.2 Å². The van der Waals surface area contributed by atoms with Crippen LogP contribution in [-0.2, 0) is 0 Å². The predicted octanol–water partition coefficient (Wildman–Crippen LogP) is 3.36. The topological polar surface area (TPSA) is 54.2 Å². The van der Waals surface area contributed by atoms with Gasteiger partial charge < -0.3 is 14.7 Å². The summed E-state index contributed by atoms with van der Waals surface area (Å²) < 4.78 is 5.17. The maximum Gasteiger partial charge on any atom is 0.321 e. The molecule has 5 heteroatoms. The van der Waals surface area contributed by atoms with Gasteiger partial charge in [0.15, 0.2) is 5.82 Å². The first-order valence-corrected chi connectivity index (χ1v) is 8.34. The van der Waals surface area contributed by atoms with Crippen molar-refractivity contribution in [1.82, 2.24) is 15.0 Å². The van der Waals surface area contributed by atoms with Gasteiger partial charge in [-0.15, -0.1) is 0 Å². The average molecular weight is 294 g/mol. The Balaban J connectivity index is 1.59. The van der Waals surface area contributed by atoms with Gasteiger partial charge in [0.25, 0.3) is 0 Å². The van der Waals surface area contributed by atoms with E-state index in [1.54, 1.807) is 0 Å². The molecule has 0 bridgehead atoms. The monoisotopic (exact) mass is 294 g/mol. The van der Waals surface area contributed by atoms with E-state index in [2.05, 4.69) is 48.1 Å². The largest absolute Gasteiger partial charge is 0.338 e. The average Bonchev–Trinajstić information content (AvgIpc) is 2.86. The molecule has 0 saturated carbocycles. The van der Waals surface area contributed by atoms with Gasteiger partial charge in [-0.05, 0) is 37.6 Å². The fourth-order valence-corrected chi connectivity index (χ4v) is 3.17. The van der Waals surface area contributed by atoms with Crippen LogP contribution < -0.4 is 5.32 Å². The highest BCUT2D eigenvalue weighted by molar-refractivity contribution is 5.18. The Kier molecular flexibility index (Phi) is 6.03. The Hall–Kier alpha value is -1.10. The molecular weight excluding hydrogens is 264 g/mol. The summed E-state index contributed by atoms with van der Waals surface area (Å²) in [7, 11) is 0. The second kappa shape index (κ2) is 7.78. The lowest BCUT2D eigenvalue weighted by Gasteiger charge is -2.34. The van der Waals surface area contributed by atoms with Crippen LogP contribution in [0.2, 0.25) is 0 Å². The molecule has 1 aromatic rings. The summed E-state index contributed by atoms with van der Waals surface area (Å²) in [6.45, 7) is 13.5. The van der Waals surface area contributed by atoms with Crippen molar-refractivity contribution in [3.63, 3.8) is 0 Å². The standard InChI is InChI=1S/C16H30N4O/c1-12(2)15-18-16(21-19-15)17-7-5-6-8-20-10-13(3)9-14(4)11-20/h12-14H,5-11H2,1-4H3,(H,17,18,19). The molecular formula is C16H30N4O. The molecule has 0 amide bonds. The lowest BCUT2D eigenvalue weighted by molar-refractivity contribution is 0.139. The third-order valence-electron chi connectivity index (χ3n) is 4.08. The maximum atomic E-state index is 5.17. The van der Waals surface area contributed by atoms with Crippen molar-refractivity contribution in [3.05, 3.63) is 5.82 Å². The highest BCUT2D eigenvalue weighted by atomic mass is 16.5. The Morgan fingerprint density at radius 3 is 2.57 bits per heavy atom. The van der Waals surface area contributed by atoms with Gasteiger partial charge in [-0.1, -0.05) is 32.9 Å². The Bertz CT molecular complexity index is 408. The molecule has 0 aliphatic carbocycles. The van der Waals surface area contributed by atoms with Crippen LogP contribution in [0.5, 0.6) is 0 Å². The van der Waals surface area contributed by atoms with E-state index in [1.165, 1.54) is 32.5 Å². The molecule has 2 atom stereocenters. The lowest BCUT2D eigenvalue weighted by atomic mass is 9.92. The van der Waals surface area contributed by atoms with Gasteiger partial charge in [0, 0.05) is 25.6 Å². The highest BCUT2D eigenvalue weighted by Crippen LogP contribution is 2.21. The molecule has 1 fully saturated rings. The minimum atomic E-state index is 0.312. The van der Waals surface area contributed by atoms with Gasteiger partial charge in [0.2, 0.25) is 0 Å². The SMILES string of the molecule is CC1CC(C)CN(CCCCNc2nc(C(C)C)no2)C1. The normalized spacial score (nSPS) is 23.7. The molecule has 120 valence electrons. The first-order chi connectivity index (χ1) is 10.0. The number of nitrogens with zero attached hydrogens (tertiary/aromatic N) is 3. The Labute approximate surface area is 128 Å². The quantitative estimate of drug-likeness (QED) is 0.781. The fourth-order valence-electron chi connectivity index (χ4n) is 3.17. The number of rotatable bonds is 7. The number of hydrogen-bond acceptors (Lipinski definition) is 5. The van der Waals surface area contributed by atoms with E-state index < -0.39 is 0 Å². The van der Waals surface area contributed by atoms with E-state index in [0.717, 1.165) is 30.6 Å². The molecule has 1 aliphatic heterocycles. The number of unbranched alkanes of at least 4 members (excludes halogenated alkanes) is 1. The molecule has 1 aliphatic rings. The first-order valence-electron chi connectivity index (χ1n) is 8.34. The van der Waals surface area contributed by atoms with Crippen molar-refractivity contribution in [1.29, 1.82) is 0 Å². The zero-order valence-electron chi connectivity index (χ0n) is 13.9. The van der Waals surface area contributed by atoms with Crippen molar-refractivity contribution < 1.29 is 4.52 Å². The third-order valence-corrected chi connectivity index (χ3v) is 4.08. The lowest BCUT2D eigenvalue weighted by Crippen LogP contribution is -2.39. The van der Waals surface area contributed by atoms with E-state index in [-0.39, 0.29) is 0 Å². The zero-order chi connectivity index (χ0) is 15.2. The zero-order valence-corrected chi connectivity index (χ0v) is 13.9. The van der Waals surface area contributed by atoms with Crippen LogP contribution >= 0.6 is 0 Å². The number of anilines is 1. The number of piperidine rings is 1. The van der Waals surface area contributed by atoms with Crippen LogP contribution in [0.1, 0.15) is 58.7 Å². The third kappa shape index (κ3) is 5.30. The predicted molar refractivity (Wildman–Crippen MR) is 85.5 cm³/mol. The van der Waals surface area contributed by atoms with Crippen LogP contribution in [0.3, 0.4) is 0 Å². The molecule has 5 nitrogen and oxygen atoms in total. The first kappa shape index (κ1) is 16.3. The summed E-state index contributed by atoms with van der Waals surface area (Å²) in [5.74, 6) is 2.78. The number of nitrogens with one attached hydrogen (secondary N) is 1. The molecule has 21 heavy (non-hydrogen) atoms. The molecule has 2 rings (SSSR count). The highest BCUT2D eigenvalue weighted by Gasteiger charge is 2.20. The summed E-state index contributed by atoms with van der Waals surface area (Å²) >= 11 is 0. The number of aromatic nitrogens is 2. The van der Waals surface area contributed by atoms with Crippen LogP contribution in [0.25, 0.3) is 0 Å². The van der Waals surface area contributed by atoms with Crippen molar-refractivity contribution in [3.8, 4) is 0 Å². The van der Waals surface area contributed by atoms with Gasteiger partial charge in [0.05, 0.1) is 0 Å². The summed E-state index contributed by atoms with van der Waals surface area (Å²) in [5.41, 5.74) is 0. The van der Waals surface area contributed by atoms with E-state index in [0.29, 0.717) is 11.9 Å². The van der Waals surface area contributed by atoms with Crippen LogP contribution in [0.15, 0.2) is 4.52 Å². The summed E-state index contributed by atoms with van der Waals surface area (Å²) in [5, 5.41) is 7.16. The van der Waals surface area contributed by atoms with Gasteiger partial charge in [-0.2, -0.15) is 4.98 Å². The van der Waals surface area contributed by atoms with Crippen molar-refractivity contribution in [2.45, 2.75) is 52.9 Å². The van der Waals surface area contributed by atoms with Gasteiger partial charge >= 0.3 is 6.01 Å². The summed E-state index contributed by atoms with van der Waals surface area (Å²) in [6.07, 6.45) is 3.74. The molecule has 2 heterocycles. The maximum absolute atomic E-state index is 5.17. The fraction of sp³-hybridized carbons (Fsp3) is 0.875. The Morgan fingerprint density at radius 1 is 1.24 bits per heavy atom. The number of hydrogen-bond donors (Lipinski definition) is 1. The molecule has 1 saturated heterocycles. The molecule has 0 aromatic carbocycles. The molecule has 1 aromatic heterocycles. The second-order valence-corrected chi connectivity index (χ2v) is 6.95. The van der Waals surface area contributed by atoms with Crippen LogP contribution in [0.4, 0.5) is 6.01 Å². The van der Waals surface area contributed by atoms with E-state index in [1.807, 2.05) is 0 Å². The van der Waals surface area contributed by atoms with Crippen molar-refractivity contribution in [2.24, 2.45) is 11.8 Å². The van der Waals surface area contributed by atoms with Gasteiger partial charge in [-0.25, -0.2) is 0 Å². The Morgan fingerprint density at radius 2 is 1.95 bits per heavy atom. The molecule has 1 N–H and O–H groups in total. The summed E-state index contributed by atoms with van der Waals surface area (Å²) in [4.78, 5) is 6.93. The molecule has 0 radical (unpaired) electrons.